The van der Waals surface area contributed by atoms with E-state index in [0.717, 1.165) is 57.6 Å². The van der Waals surface area contributed by atoms with E-state index in [1.54, 1.807) is 11.3 Å². The fourth-order valence-electron chi connectivity index (χ4n) is 3.18. The minimum absolute atomic E-state index is 0.111. The molecule has 0 aromatic carbocycles. The molecule has 2 aliphatic heterocycles. The number of anilines is 1. The Morgan fingerprint density at radius 3 is 2.83 bits per heavy atom. The van der Waals surface area contributed by atoms with E-state index in [9.17, 15) is 0 Å². The molecule has 2 fully saturated rings. The highest BCUT2D eigenvalue weighted by Gasteiger charge is 2.27. The Hall–Kier alpha value is -1.54. The maximum atomic E-state index is 5.72. The summed E-state index contributed by atoms with van der Waals surface area (Å²) in [5, 5.41) is 4.33. The molecular formula is C17H22N4O2S. The van der Waals surface area contributed by atoms with E-state index in [2.05, 4.69) is 31.6 Å². The minimum atomic E-state index is 0.111. The number of hydrogen-bond donors (Lipinski definition) is 0. The van der Waals surface area contributed by atoms with Crippen LogP contribution >= 0.6 is 11.3 Å². The SMILES string of the molecule is c1cc(N2CCOCC2)nc([C@H]2COCCN2Cc2ccsc2)n1. The van der Waals surface area contributed by atoms with Crippen LogP contribution in [0.15, 0.2) is 29.1 Å². The van der Waals surface area contributed by atoms with Gasteiger partial charge in [0.2, 0.25) is 0 Å². The predicted molar refractivity (Wildman–Crippen MR) is 93.4 cm³/mol. The van der Waals surface area contributed by atoms with Gasteiger partial charge in [-0.3, -0.25) is 4.90 Å². The molecule has 0 spiro atoms. The quantitative estimate of drug-likeness (QED) is 0.843. The summed E-state index contributed by atoms with van der Waals surface area (Å²) in [5.41, 5.74) is 1.34. The molecule has 0 aliphatic carbocycles. The maximum absolute atomic E-state index is 5.72. The standard InChI is InChI=1S/C17H22N4O2S/c1-3-18-17(19-16(1)20-4-7-22-8-5-20)15-12-23-9-6-21(15)11-14-2-10-24-13-14/h1-3,10,13,15H,4-9,11-12H2/t15-/m1/s1. The summed E-state index contributed by atoms with van der Waals surface area (Å²) < 4.78 is 11.1. The third-order valence-electron chi connectivity index (χ3n) is 4.50. The molecular weight excluding hydrogens is 324 g/mol. The first-order chi connectivity index (χ1) is 11.9. The molecule has 0 saturated carbocycles. The molecule has 0 bridgehead atoms. The summed E-state index contributed by atoms with van der Waals surface area (Å²) in [6.45, 7) is 6.54. The molecule has 0 N–H and O–H groups in total. The first-order valence-corrected chi connectivity index (χ1v) is 9.33. The zero-order valence-corrected chi connectivity index (χ0v) is 14.5. The smallest absolute Gasteiger partial charge is 0.150 e. The van der Waals surface area contributed by atoms with Crippen molar-refractivity contribution >= 4 is 17.2 Å². The van der Waals surface area contributed by atoms with Crippen LogP contribution in [0, 0.1) is 0 Å². The summed E-state index contributed by atoms with van der Waals surface area (Å²) in [7, 11) is 0. The average molecular weight is 346 g/mol. The topological polar surface area (TPSA) is 50.7 Å². The van der Waals surface area contributed by atoms with Gasteiger partial charge in [0.15, 0.2) is 0 Å². The molecule has 7 heteroatoms. The summed E-state index contributed by atoms with van der Waals surface area (Å²) in [6, 6.07) is 4.28. The van der Waals surface area contributed by atoms with Gasteiger partial charge in [0.25, 0.3) is 0 Å². The van der Waals surface area contributed by atoms with Gasteiger partial charge in [0, 0.05) is 32.4 Å². The highest BCUT2D eigenvalue weighted by Crippen LogP contribution is 2.25. The molecule has 2 aromatic heterocycles. The van der Waals surface area contributed by atoms with Crippen LogP contribution in [-0.4, -0.2) is 60.9 Å². The molecule has 0 radical (unpaired) electrons. The normalized spacial score (nSPS) is 22.7. The van der Waals surface area contributed by atoms with Gasteiger partial charge in [-0.25, -0.2) is 9.97 Å². The molecule has 24 heavy (non-hydrogen) atoms. The van der Waals surface area contributed by atoms with Crippen molar-refractivity contribution in [3.63, 3.8) is 0 Å². The minimum Gasteiger partial charge on any atom is -0.378 e. The molecule has 0 unspecified atom stereocenters. The Labute approximate surface area is 146 Å². The lowest BCUT2D eigenvalue weighted by Crippen LogP contribution is -2.40. The Balaban J connectivity index is 1.53. The molecule has 2 aromatic rings. The number of thiophene rings is 1. The van der Waals surface area contributed by atoms with Crippen LogP contribution in [0.25, 0.3) is 0 Å². The number of ether oxygens (including phenoxy) is 2. The molecule has 6 nitrogen and oxygen atoms in total. The highest BCUT2D eigenvalue weighted by molar-refractivity contribution is 7.07. The number of aromatic nitrogens is 2. The first kappa shape index (κ1) is 16.0. The van der Waals surface area contributed by atoms with Crippen molar-refractivity contribution < 1.29 is 9.47 Å². The summed E-state index contributed by atoms with van der Waals surface area (Å²) >= 11 is 1.74. The van der Waals surface area contributed by atoms with Crippen molar-refractivity contribution in [3.8, 4) is 0 Å². The highest BCUT2D eigenvalue weighted by atomic mass is 32.1. The van der Waals surface area contributed by atoms with E-state index in [1.807, 2.05) is 12.3 Å². The first-order valence-electron chi connectivity index (χ1n) is 8.39. The van der Waals surface area contributed by atoms with Crippen LogP contribution in [0.3, 0.4) is 0 Å². The molecule has 4 rings (SSSR count). The second kappa shape index (κ2) is 7.57. The van der Waals surface area contributed by atoms with Gasteiger partial charge in [0.05, 0.1) is 32.5 Å². The molecule has 1 atom stereocenters. The van der Waals surface area contributed by atoms with Crippen LogP contribution in [0.2, 0.25) is 0 Å². The number of rotatable bonds is 4. The van der Waals surface area contributed by atoms with Crippen LogP contribution in [-0.2, 0) is 16.0 Å². The molecule has 4 heterocycles. The molecule has 0 amide bonds. The van der Waals surface area contributed by atoms with E-state index < -0.39 is 0 Å². The van der Waals surface area contributed by atoms with Gasteiger partial charge < -0.3 is 14.4 Å². The van der Waals surface area contributed by atoms with Crippen LogP contribution in [0.4, 0.5) is 5.82 Å². The molecule has 128 valence electrons. The summed E-state index contributed by atoms with van der Waals surface area (Å²) in [5.74, 6) is 1.85. The zero-order valence-electron chi connectivity index (χ0n) is 13.6. The summed E-state index contributed by atoms with van der Waals surface area (Å²) in [6.07, 6.45) is 1.87. The number of nitrogens with zero attached hydrogens (tertiary/aromatic N) is 4. The van der Waals surface area contributed by atoms with E-state index >= 15 is 0 Å². The van der Waals surface area contributed by atoms with E-state index in [4.69, 9.17) is 14.5 Å². The van der Waals surface area contributed by atoms with Gasteiger partial charge in [0.1, 0.15) is 11.6 Å². The fraction of sp³-hybridized carbons (Fsp3) is 0.529. The Morgan fingerprint density at radius 2 is 2.00 bits per heavy atom. The second-order valence-electron chi connectivity index (χ2n) is 6.07. The van der Waals surface area contributed by atoms with Gasteiger partial charge in [-0.05, 0) is 28.5 Å². The Morgan fingerprint density at radius 1 is 1.12 bits per heavy atom. The van der Waals surface area contributed by atoms with Gasteiger partial charge >= 0.3 is 0 Å². The third kappa shape index (κ3) is 3.59. The predicted octanol–water partition coefficient (Wildman–Crippen LogP) is 1.95. The van der Waals surface area contributed by atoms with Gasteiger partial charge in [-0.2, -0.15) is 11.3 Å². The van der Waals surface area contributed by atoms with E-state index in [-0.39, 0.29) is 6.04 Å². The van der Waals surface area contributed by atoms with E-state index in [1.165, 1.54) is 5.56 Å². The van der Waals surface area contributed by atoms with Crippen LogP contribution in [0.5, 0.6) is 0 Å². The second-order valence-corrected chi connectivity index (χ2v) is 6.85. The third-order valence-corrected chi connectivity index (χ3v) is 5.23. The van der Waals surface area contributed by atoms with E-state index in [0.29, 0.717) is 6.61 Å². The largest absolute Gasteiger partial charge is 0.378 e. The number of hydrogen-bond acceptors (Lipinski definition) is 7. The monoisotopic (exact) mass is 346 g/mol. The lowest BCUT2D eigenvalue weighted by molar-refractivity contribution is -0.0158. The van der Waals surface area contributed by atoms with Crippen molar-refractivity contribution in [1.29, 1.82) is 0 Å². The molecule has 2 saturated heterocycles. The van der Waals surface area contributed by atoms with Crippen molar-refractivity contribution in [2.24, 2.45) is 0 Å². The zero-order chi connectivity index (χ0) is 16.2. The Bertz CT molecular complexity index is 646. The molecule has 2 aliphatic rings. The lowest BCUT2D eigenvalue weighted by atomic mass is 10.2. The van der Waals surface area contributed by atoms with Crippen molar-refractivity contribution in [3.05, 3.63) is 40.5 Å². The lowest BCUT2D eigenvalue weighted by Gasteiger charge is -2.35. The van der Waals surface area contributed by atoms with Crippen molar-refractivity contribution in [2.45, 2.75) is 12.6 Å². The average Bonchev–Trinajstić information content (AvgIpc) is 3.16. The van der Waals surface area contributed by atoms with Gasteiger partial charge in [-0.15, -0.1) is 0 Å². The van der Waals surface area contributed by atoms with Crippen LogP contribution in [0.1, 0.15) is 17.4 Å². The maximum Gasteiger partial charge on any atom is 0.150 e. The van der Waals surface area contributed by atoms with Crippen molar-refractivity contribution in [1.82, 2.24) is 14.9 Å². The van der Waals surface area contributed by atoms with Gasteiger partial charge in [-0.1, -0.05) is 0 Å². The fourth-order valence-corrected chi connectivity index (χ4v) is 3.83. The number of morpholine rings is 2. The Kier molecular flexibility index (Phi) is 5.03. The van der Waals surface area contributed by atoms with Crippen molar-refractivity contribution in [2.75, 3.05) is 51.0 Å². The van der Waals surface area contributed by atoms with Crippen LogP contribution < -0.4 is 4.90 Å². The summed E-state index contributed by atoms with van der Waals surface area (Å²) in [4.78, 5) is 14.1.